The monoisotopic (exact) mass is 2660 g/mol. The summed E-state index contributed by atoms with van der Waals surface area (Å²) in [4.78, 5) is 49.5. The number of rotatable bonds is 36. The van der Waals surface area contributed by atoms with Gasteiger partial charge in [-0.15, -0.1) is 0 Å². The van der Waals surface area contributed by atoms with Crippen LogP contribution in [0, 0.1) is 174 Å². The van der Waals surface area contributed by atoms with E-state index in [9.17, 15) is 27.4 Å². The van der Waals surface area contributed by atoms with Crippen LogP contribution in [0.4, 0.5) is 0 Å². The van der Waals surface area contributed by atoms with Crippen molar-refractivity contribution in [2.75, 3.05) is 0 Å². The Morgan fingerprint density at radius 2 is 0.246 bits per heavy atom. The number of halogens is 6. The third-order valence-electron chi connectivity index (χ3n) is 12.2. The molecule has 758 valence electrons. The van der Waals surface area contributed by atoms with Crippen LogP contribution in [0.25, 0.3) is 0 Å². The quantitative estimate of drug-likeness (QED) is 0.0200. The summed E-state index contributed by atoms with van der Waals surface area (Å²) >= 11 is 20.2. The average Bonchev–Trinajstić information content (AvgIpc) is 0.877. The first-order chi connectivity index (χ1) is 60.2. The summed E-state index contributed by atoms with van der Waals surface area (Å²) in [5, 5.41) is 88.5. The van der Waals surface area contributed by atoms with Crippen LogP contribution in [0.5, 0.6) is 0 Å². The Balaban J connectivity index is -0.000000225. The Bertz CT molecular complexity index is 3670. The van der Waals surface area contributed by atoms with E-state index in [0.717, 1.165) is 60.2 Å². The second kappa shape index (κ2) is 79.5. The molecule has 0 N–H and O–H groups in total. The largest absolute Gasteiger partial charge is 3.00 e. The summed E-state index contributed by atoms with van der Waals surface area (Å²) in [5.74, 6) is 0. The maximum absolute atomic E-state index is 12.6. The van der Waals surface area contributed by atoms with Crippen LogP contribution in [-0.4, -0.2) is 104 Å². The zero-order valence-electron chi connectivity index (χ0n) is 78.4. The normalized spacial score (nSPS) is 11.1. The van der Waals surface area contributed by atoms with Gasteiger partial charge in [-0.05, 0) is 272 Å². The molecule has 0 aromatic heterocycles. The van der Waals surface area contributed by atoms with Gasteiger partial charge < -0.3 is 146 Å². The Labute approximate surface area is 899 Å². The fourth-order valence-electron chi connectivity index (χ4n) is 9.33. The van der Waals surface area contributed by atoms with E-state index in [1.54, 1.807) is 0 Å². The predicted octanol–water partition coefficient (Wildman–Crippen LogP) is 28.5. The van der Waals surface area contributed by atoms with Crippen molar-refractivity contribution in [3.8, 4) is 0 Å². The Kier molecular flexibility index (Phi) is 86.8. The van der Waals surface area contributed by atoms with Crippen LogP contribution in [-0.2, 0) is 119 Å². The first-order valence-electron chi connectivity index (χ1n) is 39.3. The van der Waals surface area contributed by atoms with E-state index >= 15 is 0 Å². The summed E-state index contributed by atoms with van der Waals surface area (Å²) < 4.78 is 148. The fraction of sp³-hybridized carbons (Fsp3) is 0.538. The van der Waals surface area contributed by atoms with Crippen LogP contribution < -0.4 is 0 Å². The van der Waals surface area contributed by atoms with Gasteiger partial charge in [-0.2, -0.15) is 0 Å². The van der Waals surface area contributed by atoms with E-state index in [1.165, 1.54) is 0 Å². The van der Waals surface area contributed by atoms with Gasteiger partial charge in [-0.3, -0.25) is 27.4 Å². The molecule has 6 aromatic carbocycles. The fourth-order valence-corrected chi connectivity index (χ4v) is 23.8. The van der Waals surface area contributed by atoms with Crippen molar-refractivity contribution in [3.05, 3.63) is 298 Å². The molecule has 2 radical (unpaired) electrons. The van der Waals surface area contributed by atoms with Gasteiger partial charge in [0.25, 0.3) is 0 Å². The Hall–Kier alpha value is -3.00. The summed E-state index contributed by atoms with van der Waals surface area (Å²) in [6, 6.07) is 46.1. The van der Waals surface area contributed by atoms with Crippen molar-refractivity contribution in [1.29, 1.82) is 0 Å². The van der Waals surface area contributed by atoms with Crippen molar-refractivity contribution >= 4 is 141 Å². The van der Waals surface area contributed by atoms with E-state index in [2.05, 4.69) is 95.6 Å². The Morgan fingerprint density at radius 3 is 0.299 bits per heavy atom. The van der Waals surface area contributed by atoms with Crippen LogP contribution in [0.15, 0.2) is 172 Å². The van der Waals surface area contributed by atoms with Gasteiger partial charge in [-0.1, -0.05) is 168 Å². The summed E-state index contributed by atoms with van der Waals surface area (Å²) in [6.45, 7) is 44.6. The molecule has 0 aliphatic carbocycles. The molecule has 0 unspecified atom stereocenters. The molecule has 56 heteroatoms. The standard InChI is InChI=1S/6C13H20BrO3P.6NO3.2Nd/c6*1-10(2)16-18(15,17-11(3)4)9-12-5-7-13(14)8-6-12;6*2-1(3)4;;/h6*5-8,10-11H,9H2,1-4H3;;;;;;;;/q;;;;;;6*-1;2*+3. The third-order valence-corrected chi connectivity index (χ3v) is 28.8. The molecule has 6 aromatic rings. The Morgan fingerprint density at radius 1 is 0.187 bits per heavy atom. The van der Waals surface area contributed by atoms with Gasteiger partial charge >= 0.3 is 127 Å². The minimum Gasteiger partial charge on any atom is -0.356 e. The zero-order valence-corrected chi connectivity index (χ0v) is 99.7. The number of hydrogen-bond acceptors (Lipinski definition) is 36. The summed E-state index contributed by atoms with van der Waals surface area (Å²) in [5.41, 5.74) is 5.68. The molecule has 0 heterocycles. The SMILES string of the molecule is CC(C)OP(=O)(Cc1ccc(Br)cc1)OC(C)C.CC(C)OP(=O)(Cc1ccc(Br)cc1)OC(C)C.CC(C)OP(=O)(Cc1ccc(Br)cc1)OC(C)C.CC(C)OP(=O)(Cc1ccc(Br)cc1)OC(C)C.CC(C)OP(=O)(Cc1ccc(Br)cc1)OC(C)C.CC(C)OP(=O)(Cc1ccc(Br)cc1)OC(C)C.O=[N+]([O-])[O-].O=[N+]([O-])[O-].O=[N+]([O-])[O-].O=[N+]([O-])[O-].O=[N+]([O-])[O-].O=[N+]([O-])[O-].[Nd+3].[Nd+3]. The van der Waals surface area contributed by atoms with Gasteiger partial charge in [0.2, 0.25) is 0 Å². The zero-order chi connectivity index (χ0) is 104. The van der Waals surface area contributed by atoms with Crippen molar-refractivity contribution in [2.45, 2.75) is 276 Å². The molecule has 0 aliphatic heterocycles. The van der Waals surface area contributed by atoms with Crippen molar-refractivity contribution in [2.24, 2.45) is 0 Å². The molecular weight excluding hydrogens is 2550 g/mol. The molecule has 6 rings (SSSR count). The van der Waals surface area contributed by atoms with E-state index in [4.69, 9.17) is 146 Å². The van der Waals surface area contributed by atoms with Gasteiger partial charge in [-0.25, -0.2) is 0 Å². The van der Waals surface area contributed by atoms with Gasteiger partial charge in [0.15, 0.2) is 0 Å². The predicted molar refractivity (Wildman–Crippen MR) is 530 cm³/mol. The molecule has 0 saturated carbocycles. The topological polar surface area (TPSA) is 610 Å². The van der Waals surface area contributed by atoms with E-state index in [-0.39, 0.29) is 155 Å². The van der Waals surface area contributed by atoms with Gasteiger partial charge in [0, 0.05) is 26.8 Å². The molecule has 0 saturated heterocycles. The number of benzene rings is 6. The molecule has 0 atom stereocenters. The molecule has 134 heavy (non-hydrogen) atoms. The minimum absolute atomic E-state index is 0. The van der Waals surface area contributed by atoms with Crippen LogP contribution in [0.1, 0.15) is 200 Å². The smallest absolute Gasteiger partial charge is 0.356 e. The third kappa shape index (κ3) is 97.8. The van der Waals surface area contributed by atoms with E-state index in [1.807, 2.05) is 312 Å². The number of nitrogens with zero attached hydrogens (tertiary/aromatic N) is 6. The number of hydrogen-bond donors (Lipinski definition) is 0. The second-order valence-electron chi connectivity index (χ2n) is 29.6. The molecule has 0 fully saturated rings. The van der Waals surface area contributed by atoms with E-state index in [0.29, 0.717) is 37.0 Å². The van der Waals surface area contributed by atoms with Crippen molar-refractivity contribution in [3.63, 3.8) is 0 Å². The van der Waals surface area contributed by atoms with Crippen molar-refractivity contribution < 1.29 is 194 Å². The van der Waals surface area contributed by atoms with Crippen LogP contribution in [0.3, 0.4) is 0 Å². The first-order valence-corrected chi connectivity index (χ1v) is 54.5. The van der Waals surface area contributed by atoms with Crippen LogP contribution in [0.2, 0.25) is 0 Å². The van der Waals surface area contributed by atoms with Crippen LogP contribution >= 0.6 is 141 Å². The minimum atomic E-state index is -3.08. The molecule has 0 bridgehead atoms. The van der Waals surface area contributed by atoms with Crippen molar-refractivity contribution in [1.82, 2.24) is 0 Å². The molecule has 0 amide bonds. The van der Waals surface area contributed by atoms with Gasteiger partial charge in [0.05, 0.1) is 141 Å². The maximum Gasteiger partial charge on any atom is 3.00 e. The molecule has 0 aliphatic rings. The first kappa shape index (κ1) is 146. The molecule has 42 nitrogen and oxygen atoms in total. The maximum atomic E-state index is 12.6. The molecular formula is C78H120Br6N6Nd2O36P6. The van der Waals surface area contributed by atoms with Gasteiger partial charge in [0.1, 0.15) is 0 Å². The average molecular weight is 2670 g/mol. The second-order valence-corrected chi connectivity index (χ2v) is 46.8. The summed E-state index contributed by atoms with van der Waals surface area (Å²) in [7, 11) is -18.5. The van der Waals surface area contributed by atoms with E-state index < -0.39 is 76.1 Å². The summed E-state index contributed by atoms with van der Waals surface area (Å²) in [6.07, 6.45) is 0.369. The molecule has 0 spiro atoms.